The van der Waals surface area contributed by atoms with Gasteiger partial charge in [0.15, 0.2) is 5.82 Å². The Kier molecular flexibility index (Phi) is 4.36. The molecule has 0 radical (unpaired) electrons. The van der Waals surface area contributed by atoms with E-state index < -0.39 is 5.82 Å². The Morgan fingerprint density at radius 1 is 1.54 bits per heavy atom. The predicted molar refractivity (Wildman–Crippen MR) is 85.1 cm³/mol. The van der Waals surface area contributed by atoms with Gasteiger partial charge in [0.25, 0.3) is 0 Å². The van der Waals surface area contributed by atoms with E-state index in [2.05, 4.69) is 10.2 Å². The van der Waals surface area contributed by atoms with Crippen molar-refractivity contribution in [1.29, 1.82) is 5.26 Å². The van der Waals surface area contributed by atoms with Crippen LogP contribution in [-0.2, 0) is 11.3 Å². The number of methoxy groups -OCH3 is 1. The van der Waals surface area contributed by atoms with Gasteiger partial charge in [0, 0.05) is 26.6 Å². The van der Waals surface area contributed by atoms with Crippen molar-refractivity contribution in [2.45, 2.75) is 32.0 Å². The Morgan fingerprint density at radius 2 is 2.33 bits per heavy atom. The highest BCUT2D eigenvalue weighted by atomic mass is 19.1. The van der Waals surface area contributed by atoms with E-state index in [1.165, 1.54) is 12.1 Å². The minimum Gasteiger partial charge on any atom is -0.380 e. The molecule has 1 aliphatic heterocycles. The molecule has 0 unspecified atom stereocenters. The van der Waals surface area contributed by atoms with Gasteiger partial charge in [0.2, 0.25) is 0 Å². The quantitative estimate of drug-likeness (QED) is 0.919. The molecule has 1 saturated heterocycles. The van der Waals surface area contributed by atoms with Crippen molar-refractivity contribution in [2.75, 3.05) is 18.6 Å². The maximum absolute atomic E-state index is 13.4. The van der Waals surface area contributed by atoms with Crippen LogP contribution in [0.4, 0.5) is 10.1 Å². The Bertz CT molecular complexity index is 838. The van der Waals surface area contributed by atoms with Crippen molar-refractivity contribution in [1.82, 2.24) is 14.8 Å². The number of H-pyrrole nitrogens is 1. The fourth-order valence-corrected chi connectivity index (χ4v) is 3.22. The van der Waals surface area contributed by atoms with Crippen molar-refractivity contribution >= 4 is 5.69 Å². The molecule has 2 heterocycles. The lowest BCUT2D eigenvalue weighted by molar-refractivity contribution is 0.118. The second-order valence-electron chi connectivity index (χ2n) is 5.67. The highest BCUT2D eigenvalue weighted by molar-refractivity contribution is 5.61. The molecule has 1 N–H and O–H groups in total. The molecule has 1 aromatic heterocycles. The van der Waals surface area contributed by atoms with Crippen LogP contribution in [-0.4, -0.2) is 34.5 Å². The molecular weight excluding hydrogens is 313 g/mol. The lowest BCUT2D eigenvalue weighted by Crippen LogP contribution is -2.28. The molecule has 0 saturated carbocycles. The fraction of sp³-hybridized carbons (Fsp3) is 0.438. The van der Waals surface area contributed by atoms with Gasteiger partial charge in [0.05, 0.1) is 23.4 Å². The predicted octanol–water partition coefficient (Wildman–Crippen LogP) is 1.57. The van der Waals surface area contributed by atoms with Crippen molar-refractivity contribution in [3.05, 3.63) is 45.9 Å². The molecule has 0 amide bonds. The zero-order chi connectivity index (χ0) is 17.3. The first-order valence-electron chi connectivity index (χ1n) is 7.73. The molecular formula is C16H18FN5O2. The van der Waals surface area contributed by atoms with Gasteiger partial charge < -0.3 is 9.64 Å². The molecule has 3 rings (SSSR count). The largest absolute Gasteiger partial charge is 0.380 e. The third kappa shape index (κ3) is 2.67. The van der Waals surface area contributed by atoms with Crippen LogP contribution in [0, 0.1) is 17.1 Å². The number of nitrogens with one attached hydrogen (secondary N) is 1. The summed E-state index contributed by atoms with van der Waals surface area (Å²) in [5.41, 5.74) is 0.590. The third-order valence-electron chi connectivity index (χ3n) is 4.39. The monoisotopic (exact) mass is 331 g/mol. The van der Waals surface area contributed by atoms with Crippen LogP contribution in [0.5, 0.6) is 0 Å². The lowest BCUT2D eigenvalue weighted by atomic mass is 10.1. The average Bonchev–Trinajstić information content (AvgIpc) is 3.17. The summed E-state index contributed by atoms with van der Waals surface area (Å²) in [5, 5.41) is 16.0. The molecule has 24 heavy (non-hydrogen) atoms. The molecule has 7 nitrogen and oxygen atoms in total. The Hall–Kier alpha value is -2.66. The zero-order valence-corrected chi connectivity index (χ0v) is 13.5. The topological polar surface area (TPSA) is 86.9 Å². The first-order valence-corrected chi connectivity index (χ1v) is 7.73. The number of nitriles is 1. The van der Waals surface area contributed by atoms with Crippen LogP contribution in [0.1, 0.15) is 30.8 Å². The van der Waals surface area contributed by atoms with Gasteiger partial charge in [-0.05, 0) is 25.1 Å². The standard InChI is InChI=1S/C16H18FN5O2/c1-3-21-15(19-20-16(21)23)14-7-12(24-2)9-22(14)13-5-4-11(17)6-10(13)8-18/h4-6,12,14H,3,7,9H2,1-2H3,(H,20,23)/t12-,14-/m0/s1. The number of hydrogen-bond acceptors (Lipinski definition) is 5. The summed E-state index contributed by atoms with van der Waals surface area (Å²) in [6.07, 6.45) is 0.562. The summed E-state index contributed by atoms with van der Waals surface area (Å²) in [4.78, 5) is 13.8. The number of nitrogens with zero attached hydrogens (tertiary/aromatic N) is 4. The minimum atomic E-state index is -0.459. The molecule has 1 fully saturated rings. The van der Waals surface area contributed by atoms with Gasteiger partial charge in [0.1, 0.15) is 11.9 Å². The van der Waals surface area contributed by atoms with Gasteiger partial charge in [-0.15, -0.1) is 0 Å². The summed E-state index contributed by atoms with van der Waals surface area (Å²) in [6.45, 7) is 2.89. The first-order chi connectivity index (χ1) is 11.6. The van der Waals surface area contributed by atoms with E-state index in [0.29, 0.717) is 31.0 Å². The van der Waals surface area contributed by atoms with Crippen molar-refractivity contribution < 1.29 is 9.13 Å². The van der Waals surface area contributed by atoms with Crippen LogP contribution in [0.25, 0.3) is 0 Å². The van der Waals surface area contributed by atoms with Crippen molar-refractivity contribution in [3.63, 3.8) is 0 Å². The van der Waals surface area contributed by atoms with E-state index in [1.54, 1.807) is 17.7 Å². The van der Waals surface area contributed by atoms with Gasteiger partial charge in [-0.25, -0.2) is 14.3 Å². The van der Waals surface area contributed by atoms with E-state index in [9.17, 15) is 14.4 Å². The number of aromatic amines is 1. The van der Waals surface area contributed by atoms with Gasteiger partial charge in [-0.1, -0.05) is 0 Å². The number of anilines is 1. The Labute approximate surface area is 138 Å². The summed E-state index contributed by atoms with van der Waals surface area (Å²) < 4.78 is 20.5. The normalized spacial score (nSPS) is 20.3. The number of ether oxygens (including phenoxy) is 1. The van der Waals surface area contributed by atoms with E-state index in [1.807, 2.05) is 17.9 Å². The average molecular weight is 331 g/mol. The number of hydrogen-bond donors (Lipinski definition) is 1. The molecule has 2 aromatic rings. The number of rotatable bonds is 4. The molecule has 0 bridgehead atoms. The highest BCUT2D eigenvalue weighted by Crippen LogP contribution is 2.37. The zero-order valence-electron chi connectivity index (χ0n) is 13.5. The second kappa shape index (κ2) is 6.45. The molecule has 1 aromatic carbocycles. The van der Waals surface area contributed by atoms with Crippen LogP contribution < -0.4 is 10.6 Å². The molecule has 126 valence electrons. The molecule has 8 heteroatoms. The highest BCUT2D eigenvalue weighted by Gasteiger charge is 2.37. The summed E-state index contributed by atoms with van der Waals surface area (Å²) in [5.74, 6) is 0.134. The second-order valence-corrected chi connectivity index (χ2v) is 5.67. The lowest BCUT2D eigenvalue weighted by Gasteiger charge is -2.26. The maximum Gasteiger partial charge on any atom is 0.343 e. The summed E-state index contributed by atoms with van der Waals surface area (Å²) in [7, 11) is 1.62. The van der Waals surface area contributed by atoms with E-state index in [-0.39, 0.29) is 23.4 Å². The van der Waals surface area contributed by atoms with E-state index >= 15 is 0 Å². The van der Waals surface area contributed by atoms with Crippen molar-refractivity contribution in [2.24, 2.45) is 0 Å². The van der Waals surface area contributed by atoms with Gasteiger partial charge in [-0.3, -0.25) is 4.57 Å². The fourth-order valence-electron chi connectivity index (χ4n) is 3.22. The van der Waals surface area contributed by atoms with Crippen molar-refractivity contribution in [3.8, 4) is 6.07 Å². The SMILES string of the molecule is CCn1c([C@@H]2C[C@H](OC)CN2c2ccc(F)cc2C#N)n[nH]c1=O. The Morgan fingerprint density at radius 3 is 3.00 bits per heavy atom. The maximum atomic E-state index is 13.4. The number of halogens is 1. The van der Waals surface area contributed by atoms with E-state index in [4.69, 9.17) is 4.74 Å². The van der Waals surface area contributed by atoms with Crippen LogP contribution >= 0.6 is 0 Å². The molecule has 0 spiro atoms. The van der Waals surface area contributed by atoms with Gasteiger partial charge in [-0.2, -0.15) is 10.4 Å². The molecule has 0 aliphatic carbocycles. The van der Waals surface area contributed by atoms with Crippen LogP contribution in [0.2, 0.25) is 0 Å². The van der Waals surface area contributed by atoms with Gasteiger partial charge >= 0.3 is 5.69 Å². The van der Waals surface area contributed by atoms with Crippen LogP contribution in [0.15, 0.2) is 23.0 Å². The number of benzene rings is 1. The summed E-state index contributed by atoms with van der Waals surface area (Å²) >= 11 is 0. The first kappa shape index (κ1) is 16.2. The minimum absolute atomic E-state index is 0.0660. The Balaban J connectivity index is 2.08. The molecule has 1 aliphatic rings. The van der Waals surface area contributed by atoms with Crippen LogP contribution in [0.3, 0.4) is 0 Å². The van der Waals surface area contributed by atoms with E-state index in [0.717, 1.165) is 0 Å². The summed E-state index contributed by atoms with van der Waals surface area (Å²) in [6, 6.07) is 5.92. The smallest absolute Gasteiger partial charge is 0.343 e. The molecule has 2 atom stereocenters. The number of aromatic nitrogens is 3. The third-order valence-corrected chi connectivity index (χ3v) is 4.39.